The van der Waals surface area contributed by atoms with Gasteiger partial charge in [-0.1, -0.05) is 44.2 Å². The molecule has 0 saturated heterocycles. The standard InChI is InChI=1S/C16H23NO5S/c1-13(2)11-23(21,22)12-15(18)17(10-16(19)20)9-8-14-6-4-3-5-7-14/h3-7,13H,8-12H2,1-2H3,(H,19,20). The highest BCUT2D eigenvalue weighted by atomic mass is 32.2. The van der Waals surface area contributed by atoms with Crippen LogP contribution in [0.1, 0.15) is 19.4 Å². The lowest BCUT2D eigenvalue weighted by Gasteiger charge is -2.21. The Morgan fingerprint density at radius 3 is 2.30 bits per heavy atom. The predicted molar refractivity (Wildman–Crippen MR) is 87.9 cm³/mol. The number of carbonyl (C=O) groups is 2. The van der Waals surface area contributed by atoms with Gasteiger partial charge in [0.1, 0.15) is 12.3 Å². The number of carboxylic acids is 1. The van der Waals surface area contributed by atoms with Gasteiger partial charge in [-0.05, 0) is 17.9 Å². The Morgan fingerprint density at radius 1 is 1.17 bits per heavy atom. The Hall–Kier alpha value is -1.89. The van der Waals surface area contributed by atoms with Gasteiger partial charge in [0, 0.05) is 6.54 Å². The van der Waals surface area contributed by atoms with E-state index in [0.29, 0.717) is 6.42 Å². The van der Waals surface area contributed by atoms with E-state index in [1.54, 1.807) is 13.8 Å². The fourth-order valence-corrected chi connectivity index (χ4v) is 3.90. The van der Waals surface area contributed by atoms with Crippen LogP contribution in [0, 0.1) is 5.92 Å². The molecule has 7 heteroatoms. The second-order valence-electron chi connectivity index (χ2n) is 5.89. The Labute approximate surface area is 137 Å². The van der Waals surface area contributed by atoms with Crippen LogP contribution in [0.25, 0.3) is 0 Å². The van der Waals surface area contributed by atoms with Crippen LogP contribution < -0.4 is 0 Å². The van der Waals surface area contributed by atoms with E-state index in [1.807, 2.05) is 30.3 Å². The van der Waals surface area contributed by atoms with Crippen LogP contribution in [0.5, 0.6) is 0 Å². The number of hydrogen-bond acceptors (Lipinski definition) is 4. The van der Waals surface area contributed by atoms with Crippen LogP contribution in [0.3, 0.4) is 0 Å². The molecule has 1 aromatic rings. The summed E-state index contributed by atoms with van der Waals surface area (Å²) in [5.41, 5.74) is 0.959. The van der Waals surface area contributed by atoms with E-state index in [4.69, 9.17) is 5.11 Å². The summed E-state index contributed by atoms with van der Waals surface area (Å²) in [4.78, 5) is 24.2. The van der Waals surface area contributed by atoms with Gasteiger partial charge in [0.15, 0.2) is 9.84 Å². The zero-order valence-electron chi connectivity index (χ0n) is 13.4. The van der Waals surface area contributed by atoms with Gasteiger partial charge >= 0.3 is 5.97 Å². The van der Waals surface area contributed by atoms with Crippen molar-refractivity contribution >= 4 is 21.7 Å². The lowest BCUT2D eigenvalue weighted by molar-refractivity contribution is -0.143. The summed E-state index contributed by atoms with van der Waals surface area (Å²) in [5.74, 6) is -2.63. The zero-order chi connectivity index (χ0) is 17.5. The van der Waals surface area contributed by atoms with Crippen LogP contribution in [0.2, 0.25) is 0 Å². The lowest BCUT2D eigenvalue weighted by Crippen LogP contribution is -2.41. The third-order valence-corrected chi connectivity index (χ3v) is 4.98. The van der Waals surface area contributed by atoms with Crippen LogP contribution >= 0.6 is 0 Å². The largest absolute Gasteiger partial charge is 0.480 e. The molecule has 1 rings (SSSR count). The first-order valence-electron chi connectivity index (χ1n) is 7.43. The van der Waals surface area contributed by atoms with E-state index < -0.39 is 34.0 Å². The summed E-state index contributed by atoms with van der Waals surface area (Å²) in [6.07, 6.45) is 0.476. The molecule has 1 amide bonds. The van der Waals surface area contributed by atoms with Crippen molar-refractivity contribution in [2.24, 2.45) is 5.92 Å². The molecule has 0 radical (unpaired) electrons. The highest BCUT2D eigenvalue weighted by Crippen LogP contribution is 2.05. The number of aliphatic carboxylic acids is 1. The zero-order valence-corrected chi connectivity index (χ0v) is 14.3. The van der Waals surface area contributed by atoms with Gasteiger partial charge in [0.05, 0.1) is 5.75 Å². The van der Waals surface area contributed by atoms with Crippen LogP contribution in [0.4, 0.5) is 0 Å². The van der Waals surface area contributed by atoms with Crippen molar-refractivity contribution in [3.8, 4) is 0 Å². The first-order valence-corrected chi connectivity index (χ1v) is 9.25. The molecular formula is C16H23NO5S. The number of carboxylic acid groups (broad SMARTS) is 1. The van der Waals surface area contributed by atoms with Crippen molar-refractivity contribution in [3.63, 3.8) is 0 Å². The van der Waals surface area contributed by atoms with Gasteiger partial charge in [-0.25, -0.2) is 8.42 Å². The molecule has 0 spiro atoms. The van der Waals surface area contributed by atoms with Crippen LogP contribution in [0.15, 0.2) is 30.3 Å². The smallest absolute Gasteiger partial charge is 0.323 e. The molecule has 0 aliphatic rings. The number of carbonyl (C=O) groups excluding carboxylic acids is 1. The molecule has 0 bridgehead atoms. The summed E-state index contributed by atoms with van der Waals surface area (Å²) in [6, 6.07) is 9.32. The predicted octanol–water partition coefficient (Wildman–Crippen LogP) is 1.21. The van der Waals surface area contributed by atoms with E-state index in [0.717, 1.165) is 10.5 Å². The molecule has 6 nitrogen and oxygen atoms in total. The number of hydrogen-bond donors (Lipinski definition) is 1. The van der Waals surface area contributed by atoms with Gasteiger partial charge in [-0.2, -0.15) is 0 Å². The summed E-state index contributed by atoms with van der Waals surface area (Å²) >= 11 is 0. The van der Waals surface area contributed by atoms with Gasteiger partial charge < -0.3 is 10.0 Å². The van der Waals surface area contributed by atoms with Crippen molar-refractivity contribution in [2.75, 3.05) is 24.6 Å². The summed E-state index contributed by atoms with van der Waals surface area (Å²) in [6.45, 7) is 3.19. The van der Waals surface area contributed by atoms with Gasteiger partial charge in [-0.15, -0.1) is 0 Å². The average Bonchev–Trinajstić information content (AvgIpc) is 2.42. The molecule has 0 aliphatic carbocycles. The highest BCUT2D eigenvalue weighted by molar-refractivity contribution is 7.92. The molecular weight excluding hydrogens is 318 g/mol. The number of amides is 1. The second kappa shape index (κ2) is 8.67. The topological polar surface area (TPSA) is 91.8 Å². The maximum Gasteiger partial charge on any atom is 0.323 e. The highest BCUT2D eigenvalue weighted by Gasteiger charge is 2.24. The summed E-state index contributed by atoms with van der Waals surface area (Å²) in [5, 5.41) is 8.93. The van der Waals surface area contributed by atoms with Crippen molar-refractivity contribution in [1.29, 1.82) is 0 Å². The molecule has 0 atom stereocenters. The minimum absolute atomic E-state index is 0.0787. The van der Waals surface area contributed by atoms with E-state index in [-0.39, 0.29) is 18.2 Å². The molecule has 0 fully saturated rings. The Morgan fingerprint density at radius 2 is 1.78 bits per heavy atom. The van der Waals surface area contributed by atoms with Gasteiger partial charge in [0.25, 0.3) is 0 Å². The monoisotopic (exact) mass is 341 g/mol. The van der Waals surface area contributed by atoms with E-state index in [9.17, 15) is 18.0 Å². The molecule has 1 N–H and O–H groups in total. The summed E-state index contributed by atoms with van der Waals surface area (Å²) < 4.78 is 23.8. The first kappa shape index (κ1) is 19.2. The minimum Gasteiger partial charge on any atom is -0.480 e. The Balaban J connectivity index is 2.72. The summed E-state index contributed by atoms with van der Waals surface area (Å²) in [7, 11) is -3.53. The number of rotatable bonds is 9. The Kier molecular flexibility index (Phi) is 7.22. The first-order chi connectivity index (χ1) is 10.7. The molecule has 128 valence electrons. The quantitative estimate of drug-likeness (QED) is 0.729. The van der Waals surface area contributed by atoms with Gasteiger partial charge in [-0.3, -0.25) is 9.59 Å². The average molecular weight is 341 g/mol. The van der Waals surface area contributed by atoms with Crippen LogP contribution in [-0.4, -0.2) is 54.9 Å². The fraction of sp³-hybridized carbons (Fsp3) is 0.500. The third-order valence-electron chi connectivity index (χ3n) is 3.12. The number of sulfone groups is 1. The molecule has 23 heavy (non-hydrogen) atoms. The van der Waals surface area contributed by atoms with E-state index in [1.165, 1.54) is 0 Å². The van der Waals surface area contributed by atoms with Gasteiger partial charge in [0.2, 0.25) is 5.91 Å². The van der Waals surface area contributed by atoms with E-state index in [2.05, 4.69) is 0 Å². The third kappa shape index (κ3) is 7.78. The molecule has 0 saturated carbocycles. The maximum atomic E-state index is 12.2. The van der Waals surface area contributed by atoms with Crippen LogP contribution in [-0.2, 0) is 25.8 Å². The molecule has 0 aliphatic heterocycles. The van der Waals surface area contributed by atoms with E-state index >= 15 is 0 Å². The van der Waals surface area contributed by atoms with Crippen molar-refractivity contribution in [2.45, 2.75) is 20.3 Å². The lowest BCUT2D eigenvalue weighted by atomic mass is 10.1. The minimum atomic E-state index is -3.53. The number of nitrogens with zero attached hydrogens (tertiary/aromatic N) is 1. The van der Waals surface area contributed by atoms with Crippen molar-refractivity contribution in [3.05, 3.63) is 35.9 Å². The molecule has 0 heterocycles. The maximum absolute atomic E-state index is 12.2. The second-order valence-corrected chi connectivity index (χ2v) is 8.00. The molecule has 1 aromatic carbocycles. The molecule has 0 aromatic heterocycles. The fourth-order valence-electron chi connectivity index (χ4n) is 2.21. The normalized spacial score (nSPS) is 11.4. The van der Waals surface area contributed by atoms with Crippen molar-refractivity contribution < 1.29 is 23.1 Å². The number of benzene rings is 1. The SMILES string of the molecule is CC(C)CS(=O)(=O)CC(=O)N(CCc1ccccc1)CC(=O)O. The van der Waals surface area contributed by atoms with Crippen molar-refractivity contribution in [1.82, 2.24) is 4.90 Å². The molecule has 0 unspecified atom stereocenters. The Bertz CT molecular complexity index is 625.